The molecule has 0 aliphatic carbocycles. The van der Waals surface area contributed by atoms with Gasteiger partial charge >= 0.3 is 13.6 Å². The Morgan fingerprint density at radius 3 is 1.94 bits per heavy atom. The van der Waals surface area contributed by atoms with Crippen LogP contribution in [-0.4, -0.2) is 25.7 Å². The highest BCUT2D eigenvalue weighted by Gasteiger charge is 2.37. The van der Waals surface area contributed by atoms with E-state index in [0.29, 0.717) is 0 Å². The summed E-state index contributed by atoms with van der Waals surface area (Å²) in [6.45, 7) is 12.4. The Kier molecular flexibility index (Phi) is 7.62. The van der Waals surface area contributed by atoms with Crippen molar-refractivity contribution in [2.24, 2.45) is 0 Å². The molecule has 2 N–H and O–H groups in total. The molecule has 0 aromatic heterocycles. The number of amides is 2. The monoisotopic (exact) mass is 482 g/mol. The number of sulfonamides is 1. The normalized spacial score (nSPS) is 13.0. The van der Waals surface area contributed by atoms with Gasteiger partial charge in [0.25, 0.3) is 10.0 Å². The van der Waals surface area contributed by atoms with Gasteiger partial charge in [0.1, 0.15) is 0 Å². The van der Waals surface area contributed by atoms with Gasteiger partial charge in [-0.3, -0.25) is 13.6 Å². The highest BCUT2D eigenvalue weighted by atomic mass is 32.2. The molecule has 0 aliphatic rings. The lowest BCUT2D eigenvalue weighted by Gasteiger charge is -2.32. The second-order valence-corrected chi connectivity index (χ2v) is 12.9. The highest BCUT2D eigenvalue weighted by Crippen LogP contribution is 2.53. The third-order valence-corrected chi connectivity index (χ3v) is 7.60. The molecule has 2 amide bonds. The van der Waals surface area contributed by atoms with Crippen molar-refractivity contribution in [1.29, 1.82) is 0 Å². The molecule has 10 heteroatoms. The minimum absolute atomic E-state index is 0.0337. The summed E-state index contributed by atoms with van der Waals surface area (Å²) < 4.78 is 52.1. The van der Waals surface area contributed by atoms with Crippen LogP contribution in [0.1, 0.15) is 47.1 Å². The van der Waals surface area contributed by atoms with E-state index in [0.717, 1.165) is 5.56 Å². The van der Waals surface area contributed by atoms with Crippen LogP contribution in [0.2, 0.25) is 0 Å². The van der Waals surface area contributed by atoms with Crippen LogP contribution in [0.25, 0.3) is 0 Å². The molecule has 0 heterocycles. The van der Waals surface area contributed by atoms with Crippen LogP contribution < -0.4 is 15.3 Å². The molecule has 2 aromatic rings. The number of urea groups is 1. The summed E-state index contributed by atoms with van der Waals surface area (Å²) in [4.78, 5) is 12.3. The van der Waals surface area contributed by atoms with Crippen LogP contribution >= 0.6 is 7.60 Å². The molecular formula is C22H31N2O6PS. The first-order chi connectivity index (χ1) is 14.5. The quantitative estimate of drug-likeness (QED) is 0.564. The molecule has 0 fully saturated rings. The van der Waals surface area contributed by atoms with Crippen molar-refractivity contribution in [1.82, 2.24) is 4.72 Å². The van der Waals surface area contributed by atoms with Crippen LogP contribution in [0.4, 0.5) is 10.5 Å². The van der Waals surface area contributed by atoms with Crippen molar-refractivity contribution in [3.63, 3.8) is 0 Å². The Morgan fingerprint density at radius 2 is 1.44 bits per heavy atom. The van der Waals surface area contributed by atoms with Gasteiger partial charge in [0.2, 0.25) is 0 Å². The van der Waals surface area contributed by atoms with E-state index in [1.807, 2.05) is 11.6 Å². The van der Waals surface area contributed by atoms with E-state index in [4.69, 9.17) is 9.05 Å². The van der Waals surface area contributed by atoms with Gasteiger partial charge in [-0.1, -0.05) is 23.8 Å². The van der Waals surface area contributed by atoms with E-state index in [2.05, 4.69) is 5.32 Å². The molecule has 0 unspecified atom stereocenters. The smallest absolute Gasteiger partial charge is 0.307 e. The van der Waals surface area contributed by atoms with E-state index in [1.54, 1.807) is 71.9 Å². The molecule has 0 aliphatic heterocycles. The third kappa shape index (κ3) is 7.74. The molecule has 176 valence electrons. The first kappa shape index (κ1) is 26.1. The Balaban J connectivity index is 2.26. The third-order valence-electron chi connectivity index (χ3n) is 3.77. The topological polar surface area (TPSA) is 111 Å². The number of anilines is 1. The first-order valence-electron chi connectivity index (χ1n) is 10.0. The second-order valence-electron chi connectivity index (χ2n) is 9.33. The fourth-order valence-corrected chi connectivity index (χ4v) is 5.82. The molecule has 0 atom stereocenters. The average Bonchev–Trinajstić information content (AvgIpc) is 2.58. The SMILES string of the molecule is Cc1ccc(S(=O)(=O)NC(=O)Nc2cccc(P(=O)(OC(C)(C)C)OC(C)(C)C)c2)cc1. The van der Waals surface area contributed by atoms with E-state index in [9.17, 15) is 17.8 Å². The molecule has 0 saturated heterocycles. The Hall–Kier alpha value is -2.19. The standard InChI is InChI=1S/C22H31N2O6PS/c1-16-11-13-19(14-12-16)32(27,28)24-20(25)23-17-9-8-10-18(15-17)31(26,29-21(2,3)4)30-22(5,6)7/h8-15H,1-7H3,(H2,23,24,25). The van der Waals surface area contributed by atoms with E-state index >= 15 is 0 Å². The maximum absolute atomic E-state index is 13.7. The summed E-state index contributed by atoms with van der Waals surface area (Å²) in [6, 6.07) is 11.3. The first-order valence-corrected chi connectivity index (χ1v) is 13.0. The number of carbonyl (C=O) groups is 1. The lowest BCUT2D eigenvalue weighted by atomic mass is 10.2. The van der Waals surface area contributed by atoms with E-state index < -0.39 is 34.9 Å². The Bertz CT molecular complexity index is 1100. The van der Waals surface area contributed by atoms with Crippen LogP contribution in [0.3, 0.4) is 0 Å². The molecule has 2 rings (SSSR count). The van der Waals surface area contributed by atoms with Crippen LogP contribution in [0.5, 0.6) is 0 Å². The summed E-state index contributed by atoms with van der Waals surface area (Å²) in [5.74, 6) is 0. The van der Waals surface area contributed by atoms with Crippen LogP contribution in [0.15, 0.2) is 53.4 Å². The van der Waals surface area contributed by atoms with Gasteiger partial charge in [-0.15, -0.1) is 0 Å². The maximum atomic E-state index is 13.7. The van der Waals surface area contributed by atoms with Crippen molar-refractivity contribution < 1.29 is 26.8 Å². The number of aryl methyl sites for hydroxylation is 1. The molecule has 32 heavy (non-hydrogen) atoms. The van der Waals surface area contributed by atoms with Crippen molar-refractivity contribution in [3.8, 4) is 0 Å². The second kappa shape index (κ2) is 9.35. The predicted molar refractivity (Wildman–Crippen MR) is 126 cm³/mol. The van der Waals surface area contributed by atoms with Crippen LogP contribution in [-0.2, 0) is 23.6 Å². The lowest BCUT2D eigenvalue weighted by molar-refractivity contribution is 0.0548. The largest absolute Gasteiger partial charge is 0.362 e. The molecule has 0 spiro atoms. The van der Waals surface area contributed by atoms with Gasteiger partial charge in [-0.25, -0.2) is 17.9 Å². The zero-order valence-corrected chi connectivity index (χ0v) is 21.1. The predicted octanol–water partition coefficient (Wildman–Crippen LogP) is 4.95. The zero-order valence-electron chi connectivity index (χ0n) is 19.4. The molecule has 0 saturated carbocycles. The Labute approximate surface area is 190 Å². The van der Waals surface area contributed by atoms with Gasteiger partial charge in [-0.05, 0) is 78.8 Å². The number of hydrogen-bond acceptors (Lipinski definition) is 6. The summed E-state index contributed by atoms with van der Waals surface area (Å²) in [5.41, 5.74) is -0.396. The minimum Gasteiger partial charge on any atom is -0.307 e. The highest BCUT2D eigenvalue weighted by molar-refractivity contribution is 7.90. The number of hydrogen-bond donors (Lipinski definition) is 2. The van der Waals surface area contributed by atoms with Crippen molar-refractivity contribution in [3.05, 3.63) is 54.1 Å². The zero-order chi connectivity index (χ0) is 24.4. The lowest BCUT2D eigenvalue weighted by Crippen LogP contribution is -2.34. The maximum Gasteiger partial charge on any atom is 0.362 e. The van der Waals surface area contributed by atoms with E-state index in [-0.39, 0.29) is 15.9 Å². The van der Waals surface area contributed by atoms with Gasteiger partial charge in [0.05, 0.1) is 21.4 Å². The fourth-order valence-electron chi connectivity index (χ4n) is 2.65. The van der Waals surface area contributed by atoms with Crippen molar-refractivity contribution >= 4 is 34.6 Å². The fraction of sp³-hybridized carbons (Fsp3) is 0.409. The van der Waals surface area contributed by atoms with Gasteiger partial charge in [0.15, 0.2) is 0 Å². The summed E-state index contributed by atoms with van der Waals surface area (Å²) in [6.07, 6.45) is 0. The number of carbonyl (C=O) groups excluding carboxylic acids is 1. The average molecular weight is 483 g/mol. The number of rotatable bonds is 6. The van der Waals surface area contributed by atoms with Gasteiger partial charge < -0.3 is 5.32 Å². The van der Waals surface area contributed by atoms with Crippen molar-refractivity contribution in [2.45, 2.75) is 64.6 Å². The molecule has 0 bridgehead atoms. The summed E-state index contributed by atoms with van der Waals surface area (Å²) >= 11 is 0. The van der Waals surface area contributed by atoms with Crippen molar-refractivity contribution in [2.75, 3.05) is 5.32 Å². The molecule has 2 aromatic carbocycles. The van der Waals surface area contributed by atoms with Gasteiger partial charge in [-0.2, -0.15) is 0 Å². The van der Waals surface area contributed by atoms with Gasteiger partial charge in [0, 0.05) is 5.69 Å². The summed E-state index contributed by atoms with van der Waals surface area (Å²) in [5, 5.41) is 2.69. The van der Waals surface area contributed by atoms with Crippen LogP contribution in [0, 0.1) is 6.92 Å². The number of benzene rings is 2. The number of nitrogens with one attached hydrogen (secondary N) is 2. The molecular weight excluding hydrogens is 451 g/mol. The Morgan fingerprint density at radius 1 is 0.906 bits per heavy atom. The van der Waals surface area contributed by atoms with E-state index in [1.165, 1.54) is 18.2 Å². The summed E-state index contributed by atoms with van der Waals surface area (Å²) in [7, 11) is -7.82. The molecule has 8 nitrogen and oxygen atoms in total. The minimum atomic E-state index is -4.05. The molecule has 0 radical (unpaired) electrons.